The number of terminal acetylenes is 1. The molecule has 0 saturated carbocycles. The number of allylic oxidation sites excluding steroid dienone is 2. The normalized spacial score (nSPS) is 29.1. The van der Waals surface area contributed by atoms with Crippen molar-refractivity contribution >= 4 is 11.8 Å². The monoisotopic (exact) mass is 231 g/mol. The van der Waals surface area contributed by atoms with E-state index in [9.17, 15) is 9.59 Å². The Balaban J connectivity index is 2.23. The average molecular weight is 231 g/mol. The second kappa shape index (κ2) is 4.75. The van der Waals surface area contributed by atoms with Crippen LogP contribution in [0.2, 0.25) is 0 Å². The van der Waals surface area contributed by atoms with E-state index in [4.69, 9.17) is 6.42 Å². The molecule has 0 bridgehead atoms. The van der Waals surface area contributed by atoms with Gasteiger partial charge in [-0.25, -0.2) is 0 Å². The third-order valence-corrected chi connectivity index (χ3v) is 3.61. The van der Waals surface area contributed by atoms with Crippen LogP contribution in [0.4, 0.5) is 0 Å². The number of carbonyl (C=O) groups excluding carboxylic acids is 2. The lowest BCUT2D eigenvalue weighted by molar-refractivity contribution is -0.141. The first kappa shape index (κ1) is 11.9. The van der Waals surface area contributed by atoms with Gasteiger partial charge < -0.3 is 0 Å². The smallest absolute Gasteiger partial charge is 0.234 e. The van der Waals surface area contributed by atoms with E-state index in [-0.39, 0.29) is 29.7 Å². The predicted octanol–water partition coefficient (Wildman–Crippen LogP) is 1.74. The van der Waals surface area contributed by atoms with Gasteiger partial charge in [0, 0.05) is 0 Å². The molecule has 1 heterocycles. The summed E-state index contributed by atoms with van der Waals surface area (Å²) in [5, 5.41) is 0. The fourth-order valence-electron chi connectivity index (χ4n) is 2.69. The van der Waals surface area contributed by atoms with Crippen molar-refractivity contribution in [3.8, 4) is 12.3 Å². The average Bonchev–Trinajstić information content (AvgIpc) is 2.61. The summed E-state index contributed by atoms with van der Waals surface area (Å²) >= 11 is 0. The van der Waals surface area contributed by atoms with Gasteiger partial charge in [-0.3, -0.25) is 14.5 Å². The van der Waals surface area contributed by atoms with Crippen LogP contribution in [0.25, 0.3) is 0 Å². The molecule has 90 valence electrons. The molecule has 0 N–H and O–H groups in total. The maximum atomic E-state index is 12.2. The lowest BCUT2D eigenvalue weighted by Gasteiger charge is -2.21. The minimum atomic E-state index is -0.356. The molecule has 0 aromatic heterocycles. The van der Waals surface area contributed by atoms with Crippen molar-refractivity contribution in [3.63, 3.8) is 0 Å². The first-order valence-corrected chi connectivity index (χ1v) is 6.18. The van der Waals surface area contributed by atoms with Crippen molar-refractivity contribution in [2.75, 3.05) is 0 Å². The fraction of sp³-hybridized carbons (Fsp3) is 0.571. The molecule has 1 fully saturated rings. The quantitative estimate of drug-likeness (QED) is 0.421. The zero-order chi connectivity index (χ0) is 12.4. The molecular formula is C14H17NO2. The summed E-state index contributed by atoms with van der Waals surface area (Å²) in [5.74, 6) is 2.11. The van der Waals surface area contributed by atoms with Crippen molar-refractivity contribution in [3.05, 3.63) is 12.2 Å². The van der Waals surface area contributed by atoms with Crippen molar-refractivity contribution in [1.82, 2.24) is 4.90 Å². The van der Waals surface area contributed by atoms with Crippen molar-refractivity contribution in [1.29, 1.82) is 0 Å². The standard InChI is InChI=1S/C14H17NO2/c1-3-7-10(4-2)15-13(16)11-8-5-6-9-12(11)14(15)17/h2,5-6,10-12H,3,7-9H2,1H3/t10?,11-,12+. The fourth-order valence-corrected chi connectivity index (χ4v) is 2.69. The number of nitrogens with zero attached hydrogens (tertiary/aromatic N) is 1. The van der Waals surface area contributed by atoms with E-state index in [1.807, 2.05) is 19.1 Å². The molecule has 17 heavy (non-hydrogen) atoms. The molecule has 1 aliphatic heterocycles. The number of fused-ring (bicyclic) bond motifs is 1. The van der Waals surface area contributed by atoms with E-state index in [2.05, 4.69) is 5.92 Å². The minimum absolute atomic E-state index is 0.0687. The van der Waals surface area contributed by atoms with E-state index >= 15 is 0 Å². The molecule has 0 radical (unpaired) electrons. The van der Waals surface area contributed by atoms with E-state index < -0.39 is 0 Å². The van der Waals surface area contributed by atoms with Gasteiger partial charge in [0.2, 0.25) is 11.8 Å². The Bertz CT molecular complexity index is 379. The summed E-state index contributed by atoms with van der Waals surface area (Å²) in [6.07, 6.45) is 12.3. The van der Waals surface area contributed by atoms with Crippen molar-refractivity contribution in [2.24, 2.45) is 11.8 Å². The molecule has 1 saturated heterocycles. The second-order valence-corrected chi connectivity index (χ2v) is 4.67. The molecule has 1 aliphatic carbocycles. The van der Waals surface area contributed by atoms with Gasteiger partial charge in [-0.05, 0) is 19.3 Å². The van der Waals surface area contributed by atoms with Crippen LogP contribution in [0.5, 0.6) is 0 Å². The second-order valence-electron chi connectivity index (χ2n) is 4.67. The summed E-state index contributed by atoms with van der Waals surface area (Å²) in [4.78, 5) is 25.7. The Kier molecular flexibility index (Phi) is 3.33. The number of likely N-dealkylation sites (tertiary alicyclic amines) is 1. The van der Waals surface area contributed by atoms with Gasteiger partial charge in [0.25, 0.3) is 0 Å². The van der Waals surface area contributed by atoms with Crippen LogP contribution in [0, 0.1) is 24.2 Å². The summed E-state index contributed by atoms with van der Waals surface area (Å²) in [5.41, 5.74) is 0. The van der Waals surface area contributed by atoms with Gasteiger partial charge in [-0.2, -0.15) is 0 Å². The first-order valence-electron chi connectivity index (χ1n) is 6.18. The lowest BCUT2D eigenvalue weighted by atomic mass is 9.85. The van der Waals surface area contributed by atoms with E-state index in [0.29, 0.717) is 19.3 Å². The number of hydrogen-bond donors (Lipinski definition) is 0. The minimum Gasteiger partial charge on any atom is -0.274 e. The number of carbonyl (C=O) groups is 2. The molecule has 0 aromatic carbocycles. The van der Waals surface area contributed by atoms with Crippen LogP contribution >= 0.6 is 0 Å². The number of hydrogen-bond acceptors (Lipinski definition) is 2. The maximum Gasteiger partial charge on any atom is 0.234 e. The van der Waals surface area contributed by atoms with Gasteiger partial charge in [-0.1, -0.05) is 31.4 Å². The zero-order valence-electron chi connectivity index (χ0n) is 10.1. The third-order valence-electron chi connectivity index (χ3n) is 3.61. The molecular weight excluding hydrogens is 214 g/mol. The van der Waals surface area contributed by atoms with Crippen LogP contribution in [0.1, 0.15) is 32.6 Å². The molecule has 1 unspecified atom stereocenters. The van der Waals surface area contributed by atoms with E-state index in [0.717, 1.165) is 6.42 Å². The molecule has 2 rings (SSSR count). The molecule has 3 nitrogen and oxygen atoms in total. The van der Waals surface area contributed by atoms with Crippen molar-refractivity contribution < 1.29 is 9.59 Å². The van der Waals surface area contributed by atoms with Crippen LogP contribution in [0.15, 0.2) is 12.2 Å². The summed E-state index contributed by atoms with van der Waals surface area (Å²) < 4.78 is 0. The van der Waals surface area contributed by atoms with Crippen LogP contribution in [0.3, 0.4) is 0 Å². The Labute approximate surface area is 102 Å². The lowest BCUT2D eigenvalue weighted by Crippen LogP contribution is -2.39. The van der Waals surface area contributed by atoms with Crippen molar-refractivity contribution in [2.45, 2.75) is 38.6 Å². The van der Waals surface area contributed by atoms with Crippen LogP contribution in [-0.2, 0) is 9.59 Å². The third kappa shape index (κ3) is 1.88. The van der Waals surface area contributed by atoms with Gasteiger partial charge in [0.1, 0.15) is 6.04 Å². The summed E-state index contributed by atoms with van der Waals surface area (Å²) in [6, 6.07) is -0.356. The van der Waals surface area contributed by atoms with E-state index in [1.54, 1.807) is 0 Å². The summed E-state index contributed by atoms with van der Waals surface area (Å²) in [6.45, 7) is 2.00. The molecule has 0 spiro atoms. The van der Waals surface area contributed by atoms with Gasteiger partial charge in [0.15, 0.2) is 0 Å². The highest BCUT2D eigenvalue weighted by atomic mass is 16.2. The molecule has 2 amide bonds. The Morgan fingerprint density at radius 1 is 1.35 bits per heavy atom. The van der Waals surface area contributed by atoms with E-state index in [1.165, 1.54) is 4.90 Å². The highest BCUT2D eigenvalue weighted by Crippen LogP contribution is 2.36. The van der Waals surface area contributed by atoms with Gasteiger partial charge in [0.05, 0.1) is 11.8 Å². The maximum absolute atomic E-state index is 12.2. The molecule has 3 atom stereocenters. The van der Waals surface area contributed by atoms with Gasteiger partial charge >= 0.3 is 0 Å². The molecule has 2 aliphatic rings. The molecule has 3 heteroatoms. The Morgan fingerprint density at radius 3 is 2.29 bits per heavy atom. The summed E-state index contributed by atoms with van der Waals surface area (Å²) in [7, 11) is 0. The van der Waals surface area contributed by atoms with Crippen LogP contribution < -0.4 is 0 Å². The largest absolute Gasteiger partial charge is 0.274 e. The predicted molar refractivity (Wildman–Crippen MR) is 64.7 cm³/mol. The zero-order valence-corrected chi connectivity index (χ0v) is 10.1. The molecule has 0 aromatic rings. The topological polar surface area (TPSA) is 37.4 Å². The Hall–Kier alpha value is -1.56. The van der Waals surface area contributed by atoms with Crippen LogP contribution in [-0.4, -0.2) is 22.8 Å². The SMILES string of the molecule is C#CC(CCC)N1C(=O)[C@H]2CC=CC[C@H]2C1=O. The number of imide groups is 1. The highest BCUT2D eigenvalue weighted by Gasteiger charge is 2.49. The number of amides is 2. The number of rotatable bonds is 3. The first-order chi connectivity index (χ1) is 8.20. The Morgan fingerprint density at radius 2 is 1.88 bits per heavy atom. The van der Waals surface area contributed by atoms with Gasteiger partial charge in [-0.15, -0.1) is 6.42 Å². The highest BCUT2D eigenvalue weighted by molar-refractivity contribution is 6.06.